The molecule has 0 fully saturated rings. The lowest BCUT2D eigenvalue weighted by molar-refractivity contribution is -0.119. The van der Waals surface area contributed by atoms with E-state index in [1.54, 1.807) is 7.05 Å². The van der Waals surface area contributed by atoms with E-state index in [1.165, 1.54) is 0 Å². The van der Waals surface area contributed by atoms with Crippen LogP contribution in [0, 0.1) is 0 Å². The highest BCUT2D eigenvalue weighted by molar-refractivity contribution is 9.09. The van der Waals surface area contributed by atoms with Crippen molar-refractivity contribution in [3.63, 3.8) is 0 Å². The van der Waals surface area contributed by atoms with Gasteiger partial charge >= 0.3 is 0 Å². The molecular formula is C18H30BrN5O. The van der Waals surface area contributed by atoms with Gasteiger partial charge in [-0.05, 0) is 38.0 Å². The number of hydrogen-bond acceptors (Lipinski definition) is 5. The highest BCUT2D eigenvalue weighted by Crippen LogP contribution is 2.15. The van der Waals surface area contributed by atoms with E-state index in [-0.39, 0.29) is 16.9 Å². The normalized spacial score (nSPS) is 13.4. The van der Waals surface area contributed by atoms with Gasteiger partial charge in [-0.25, -0.2) is 10.4 Å². The molecule has 25 heavy (non-hydrogen) atoms. The van der Waals surface area contributed by atoms with E-state index in [4.69, 9.17) is 0 Å². The third-order valence-corrected chi connectivity index (χ3v) is 3.97. The number of carbonyl (C=O) groups is 1. The zero-order valence-electron chi connectivity index (χ0n) is 15.5. The largest absolute Gasteiger partial charge is 0.379 e. The zero-order chi connectivity index (χ0) is 18.8. The molecule has 1 aromatic carbocycles. The van der Waals surface area contributed by atoms with Gasteiger partial charge < -0.3 is 10.6 Å². The Morgan fingerprint density at radius 1 is 1.32 bits per heavy atom. The summed E-state index contributed by atoms with van der Waals surface area (Å²) in [7, 11) is 3.64. The molecule has 2 unspecified atom stereocenters. The molecule has 0 spiro atoms. The van der Waals surface area contributed by atoms with E-state index in [9.17, 15) is 4.79 Å². The quantitative estimate of drug-likeness (QED) is 0.195. The highest BCUT2D eigenvalue weighted by atomic mass is 79.9. The molecule has 2 atom stereocenters. The number of benzene rings is 1. The average Bonchev–Trinajstić information content (AvgIpc) is 2.57. The average molecular weight is 412 g/mol. The fourth-order valence-corrected chi connectivity index (χ4v) is 2.32. The van der Waals surface area contributed by atoms with Crippen LogP contribution in [-0.4, -0.2) is 42.5 Å². The van der Waals surface area contributed by atoms with E-state index in [2.05, 4.69) is 44.1 Å². The summed E-state index contributed by atoms with van der Waals surface area (Å²) in [5.41, 5.74) is 9.31. The smallest absolute Gasteiger partial charge is 0.224 e. The second kappa shape index (κ2) is 11.3. The first kappa shape index (κ1) is 21.6. The minimum absolute atomic E-state index is 0.0162. The molecule has 0 saturated heterocycles. The third-order valence-electron chi connectivity index (χ3n) is 3.74. The fraction of sp³-hybridized carbons (Fsp3) is 0.500. The van der Waals surface area contributed by atoms with Gasteiger partial charge in [0.2, 0.25) is 5.91 Å². The summed E-state index contributed by atoms with van der Waals surface area (Å²) in [4.78, 5) is 11.6. The number of halogens is 1. The van der Waals surface area contributed by atoms with Crippen molar-refractivity contribution in [1.82, 2.24) is 21.3 Å². The molecule has 1 aromatic rings. The van der Waals surface area contributed by atoms with Crippen molar-refractivity contribution in [2.24, 2.45) is 0 Å². The summed E-state index contributed by atoms with van der Waals surface area (Å²) >= 11 is 3.42. The highest BCUT2D eigenvalue weighted by Gasteiger charge is 2.11. The predicted molar refractivity (Wildman–Crippen MR) is 108 cm³/mol. The van der Waals surface area contributed by atoms with Gasteiger partial charge in [-0.15, -0.1) is 0 Å². The number of alkyl halides is 1. The molecule has 1 rings (SSSR count). The van der Waals surface area contributed by atoms with Gasteiger partial charge in [-0.1, -0.05) is 40.2 Å². The second-order valence-corrected chi connectivity index (χ2v) is 7.55. The first-order valence-electron chi connectivity index (χ1n) is 8.39. The monoisotopic (exact) mass is 411 g/mol. The SMILES string of the molecule is C=C(C)C(CCN(C)NNC(C)Br)Nc1ccc(CC(=O)NC)cc1. The van der Waals surface area contributed by atoms with Crippen LogP contribution in [0.5, 0.6) is 0 Å². The second-order valence-electron chi connectivity index (χ2n) is 6.17. The van der Waals surface area contributed by atoms with Crippen molar-refractivity contribution >= 4 is 27.5 Å². The Morgan fingerprint density at radius 2 is 1.96 bits per heavy atom. The van der Waals surface area contributed by atoms with Crippen molar-refractivity contribution in [3.05, 3.63) is 42.0 Å². The first-order valence-corrected chi connectivity index (χ1v) is 9.31. The Balaban J connectivity index is 2.54. The molecule has 0 aliphatic rings. The number of rotatable bonds is 11. The van der Waals surface area contributed by atoms with Crippen molar-refractivity contribution in [2.75, 3.05) is 26.0 Å². The number of hydrogen-bond donors (Lipinski definition) is 4. The molecule has 4 N–H and O–H groups in total. The summed E-state index contributed by atoms with van der Waals surface area (Å²) in [6.07, 6.45) is 1.31. The molecule has 6 nitrogen and oxygen atoms in total. The number of carbonyl (C=O) groups excluding carboxylic acids is 1. The Morgan fingerprint density at radius 3 is 2.48 bits per heavy atom. The van der Waals surface area contributed by atoms with Crippen LogP contribution in [0.4, 0.5) is 5.69 Å². The summed E-state index contributed by atoms with van der Waals surface area (Å²) in [5.74, 6) is 0.0162. The topological polar surface area (TPSA) is 68.4 Å². The Bertz CT molecular complexity index is 547. The van der Waals surface area contributed by atoms with Crippen LogP contribution >= 0.6 is 15.9 Å². The summed E-state index contributed by atoms with van der Waals surface area (Å²) in [6, 6.07) is 8.13. The molecule has 0 aliphatic heterocycles. The van der Waals surface area contributed by atoms with Gasteiger partial charge in [-0.3, -0.25) is 4.79 Å². The van der Waals surface area contributed by atoms with Gasteiger partial charge in [-0.2, -0.15) is 5.53 Å². The molecular weight excluding hydrogens is 382 g/mol. The lowest BCUT2D eigenvalue weighted by Gasteiger charge is -2.25. The van der Waals surface area contributed by atoms with Gasteiger partial charge in [0.15, 0.2) is 0 Å². The lowest BCUT2D eigenvalue weighted by Crippen LogP contribution is -2.47. The third kappa shape index (κ3) is 9.02. The zero-order valence-corrected chi connectivity index (χ0v) is 17.1. The maximum absolute atomic E-state index is 11.4. The van der Waals surface area contributed by atoms with E-state index in [0.717, 1.165) is 29.8 Å². The van der Waals surface area contributed by atoms with Crippen molar-refractivity contribution < 1.29 is 4.79 Å². The maximum Gasteiger partial charge on any atom is 0.224 e. The number of nitrogens with one attached hydrogen (secondary N) is 4. The molecule has 0 bridgehead atoms. The van der Waals surface area contributed by atoms with Crippen LogP contribution in [0.15, 0.2) is 36.4 Å². The molecule has 140 valence electrons. The predicted octanol–water partition coefficient (Wildman–Crippen LogP) is 2.40. The summed E-state index contributed by atoms with van der Waals surface area (Å²) in [5, 5.41) is 8.15. The van der Waals surface area contributed by atoms with Crippen LogP contribution < -0.4 is 21.6 Å². The van der Waals surface area contributed by atoms with E-state index in [1.807, 2.05) is 50.2 Å². The number of hydrazine groups is 2. The van der Waals surface area contributed by atoms with Crippen molar-refractivity contribution in [1.29, 1.82) is 0 Å². The van der Waals surface area contributed by atoms with Crippen molar-refractivity contribution in [2.45, 2.75) is 37.7 Å². The Kier molecular flexibility index (Phi) is 9.74. The van der Waals surface area contributed by atoms with Gasteiger partial charge in [0.25, 0.3) is 0 Å². The minimum atomic E-state index is 0.0162. The standard InChI is InChI=1S/C18H30BrN5O/c1-13(2)17(10-11-24(5)23-22-14(3)19)21-16-8-6-15(7-9-16)12-18(25)20-4/h6-9,14,17,21-23H,1,10-12H2,2-5H3,(H,20,25). The van der Waals surface area contributed by atoms with Crippen LogP contribution in [0.3, 0.4) is 0 Å². The molecule has 1 amide bonds. The summed E-state index contributed by atoms with van der Waals surface area (Å²) < 4.78 is 0. The van der Waals surface area contributed by atoms with Crippen LogP contribution in [-0.2, 0) is 11.2 Å². The van der Waals surface area contributed by atoms with Gasteiger partial charge in [0.05, 0.1) is 11.4 Å². The fourth-order valence-electron chi connectivity index (χ4n) is 2.21. The number of anilines is 1. The van der Waals surface area contributed by atoms with Crippen molar-refractivity contribution in [3.8, 4) is 0 Å². The Hall–Kier alpha value is -1.41. The van der Waals surface area contributed by atoms with E-state index < -0.39 is 0 Å². The van der Waals surface area contributed by atoms with Crippen LogP contribution in [0.1, 0.15) is 25.8 Å². The van der Waals surface area contributed by atoms with E-state index >= 15 is 0 Å². The van der Waals surface area contributed by atoms with Crippen LogP contribution in [0.2, 0.25) is 0 Å². The molecule has 0 aliphatic carbocycles. The summed E-state index contributed by atoms with van der Waals surface area (Å²) in [6.45, 7) is 8.99. The van der Waals surface area contributed by atoms with Gasteiger partial charge in [0, 0.05) is 32.4 Å². The van der Waals surface area contributed by atoms with Crippen LogP contribution in [0.25, 0.3) is 0 Å². The number of likely N-dealkylation sites (N-methyl/N-ethyl adjacent to an activating group) is 1. The molecule has 0 aromatic heterocycles. The number of amides is 1. The van der Waals surface area contributed by atoms with Gasteiger partial charge in [0.1, 0.15) is 0 Å². The maximum atomic E-state index is 11.4. The Labute approximate surface area is 159 Å². The van der Waals surface area contributed by atoms with E-state index in [0.29, 0.717) is 6.42 Å². The molecule has 0 saturated carbocycles. The molecule has 0 radical (unpaired) electrons. The molecule has 7 heteroatoms. The lowest BCUT2D eigenvalue weighted by atomic mass is 10.1. The first-order chi connectivity index (χ1) is 11.8. The molecule has 0 heterocycles. The number of nitrogens with zero attached hydrogens (tertiary/aromatic N) is 1. The minimum Gasteiger partial charge on any atom is -0.379 e.